The quantitative estimate of drug-likeness (QED) is 0.899. The summed E-state index contributed by atoms with van der Waals surface area (Å²) in [7, 11) is 1.45. The Bertz CT molecular complexity index is 645. The number of carbonyl (C=O) groups is 1. The van der Waals surface area contributed by atoms with Gasteiger partial charge in [-0.25, -0.2) is 13.9 Å². The Morgan fingerprint density at radius 2 is 2.30 bits per heavy atom. The maximum absolute atomic E-state index is 13.5. The Balaban J connectivity index is 2.38. The second kappa shape index (κ2) is 6.10. The van der Waals surface area contributed by atoms with Crippen LogP contribution in [0.2, 0.25) is 0 Å². The molecule has 0 saturated heterocycles. The van der Waals surface area contributed by atoms with Gasteiger partial charge < -0.3 is 9.84 Å². The summed E-state index contributed by atoms with van der Waals surface area (Å²) in [5.74, 6) is -1.57. The van der Waals surface area contributed by atoms with E-state index in [-0.39, 0.29) is 18.8 Å². The van der Waals surface area contributed by atoms with Crippen LogP contribution in [0.4, 0.5) is 4.39 Å². The van der Waals surface area contributed by atoms with Crippen molar-refractivity contribution in [3.8, 4) is 0 Å². The number of hydrogen-bond acceptors (Lipinski definition) is 4. The molecule has 0 saturated carbocycles. The van der Waals surface area contributed by atoms with E-state index in [0.29, 0.717) is 15.7 Å². The predicted molar refractivity (Wildman–Crippen MR) is 70.9 cm³/mol. The summed E-state index contributed by atoms with van der Waals surface area (Å²) in [6.45, 7) is 0.249. The van der Waals surface area contributed by atoms with Gasteiger partial charge in [0.2, 0.25) is 0 Å². The summed E-state index contributed by atoms with van der Waals surface area (Å²) >= 11 is 3.15. The molecule has 0 spiro atoms. The lowest BCUT2D eigenvalue weighted by Crippen LogP contribution is -2.10. The van der Waals surface area contributed by atoms with E-state index in [0.717, 1.165) is 0 Å². The third-order valence-corrected chi connectivity index (χ3v) is 3.56. The van der Waals surface area contributed by atoms with Crippen molar-refractivity contribution < 1.29 is 19.0 Å². The summed E-state index contributed by atoms with van der Waals surface area (Å²) in [5, 5.41) is 16.4. The van der Waals surface area contributed by atoms with E-state index in [9.17, 15) is 9.18 Å². The highest BCUT2D eigenvalue weighted by Gasteiger charge is 2.19. The van der Waals surface area contributed by atoms with Gasteiger partial charge in [0.05, 0.1) is 23.3 Å². The Morgan fingerprint density at radius 1 is 1.55 bits per heavy atom. The van der Waals surface area contributed by atoms with Gasteiger partial charge in [0.1, 0.15) is 5.82 Å². The average Bonchev–Trinajstić information content (AvgIpc) is 2.79. The zero-order valence-corrected chi connectivity index (χ0v) is 12.1. The van der Waals surface area contributed by atoms with Gasteiger partial charge in [0.15, 0.2) is 5.69 Å². The third-order valence-electron chi connectivity index (χ3n) is 2.67. The molecule has 106 valence electrons. The molecule has 0 fully saturated rings. The number of carboxylic acid groups (broad SMARTS) is 1. The lowest BCUT2D eigenvalue weighted by Gasteiger charge is -2.08. The maximum atomic E-state index is 13.5. The average molecular weight is 344 g/mol. The topological polar surface area (TPSA) is 77.2 Å². The molecule has 0 radical (unpaired) electrons. The maximum Gasteiger partial charge on any atom is 0.358 e. The largest absolute Gasteiger partial charge is 0.476 e. The van der Waals surface area contributed by atoms with Crippen LogP contribution in [-0.4, -0.2) is 33.2 Å². The SMILES string of the molecule is COCc1c(C(=O)O)nnn1Cc1cccc(F)c1Br. The van der Waals surface area contributed by atoms with Crippen LogP contribution < -0.4 is 0 Å². The van der Waals surface area contributed by atoms with Crippen molar-refractivity contribution in [3.05, 3.63) is 45.4 Å². The first-order chi connectivity index (χ1) is 9.54. The molecule has 0 amide bonds. The van der Waals surface area contributed by atoms with Crippen LogP contribution in [0.15, 0.2) is 22.7 Å². The third kappa shape index (κ3) is 2.86. The van der Waals surface area contributed by atoms with Crippen LogP contribution in [0, 0.1) is 5.82 Å². The second-order valence-electron chi connectivity index (χ2n) is 3.99. The first-order valence-electron chi connectivity index (χ1n) is 5.62. The van der Waals surface area contributed by atoms with Gasteiger partial charge >= 0.3 is 5.97 Å². The molecule has 0 bridgehead atoms. The molecule has 1 heterocycles. The fraction of sp³-hybridized carbons (Fsp3) is 0.250. The van der Waals surface area contributed by atoms with Crippen molar-refractivity contribution >= 4 is 21.9 Å². The van der Waals surface area contributed by atoms with Crippen molar-refractivity contribution in [1.29, 1.82) is 0 Å². The Kier molecular flexibility index (Phi) is 4.46. The molecule has 2 aromatic rings. The molecule has 0 aliphatic heterocycles. The van der Waals surface area contributed by atoms with Gasteiger partial charge in [0, 0.05) is 7.11 Å². The number of ether oxygens (including phenoxy) is 1. The number of rotatable bonds is 5. The van der Waals surface area contributed by atoms with Crippen LogP contribution in [0.5, 0.6) is 0 Å². The van der Waals surface area contributed by atoms with E-state index < -0.39 is 11.8 Å². The molecule has 0 aliphatic rings. The minimum absolute atomic E-state index is 0.0571. The molecule has 0 atom stereocenters. The summed E-state index contributed by atoms with van der Waals surface area (Å²) in [4.78, 5) is 11.0. The predicted octanol–water partition coefficient (Wildman–Crippen LogP) is 2.07. The lowest BCUT2D eigenvalue weighted by molar-refractivity contribution is 0.0684. The number of aromatic carboxylic acids is 1. The van der Waals surface area contributed by atoms with Crippen LogP contribution in [0.1, 0.15) is 21.7 Å². The van der Waals surface area contributed by atoms with Crippen LogP contribution >= 0.6 is 15.9 Å². The summed E-state index contributed by atoms with van der Waals surface area (Å²) in [6.07, 6.45) is 0. The van der Waals surface area contributed by atoms with E-state index in [1.807, 2.05) is 0 Å². The number of nitrogens with zero attached hydrogens (tertiary/aromatic N) is 3. The highest BCUT2D eigenvalue weighted by atomic mass is 79.9. The number of carboxylic acids is 1. The van der Waals surface area contributed by atoms with Gasteiger partial charge in [-0.05, 0) is 27.6 Å². The van der Waals surface area contributed by atoms with Crippen LogP contribution in [-0.2, 0) is 17.9 Å². The van der Waals surface area contributed by atoms with E-state index in [1.54, 1.807) is 12.1 Å². The van der Waals surface area contributed by atoms with Crippen molar-refractivity contribution in [2.45, 2.75) is 13.2 Å². The van der Waals surface area contributed by atoms with Crippen molar-refractivity contribution in [1.82, 2.24) is 15.0 Å². The van der Waals surface area contributed by atoms with Crippen LogP contribution in [0.25, 0.3) is 0 Å². The molecular weight excluding hydrogens is 333 g/mol. The monoisotopic (exact) mass is 343 g/mol. The first-order valence-corrected chi connectivity index (χ1v) is 6.41. The highest BCUT2D eigenvalue weighted by molar-refractivity contribution is 9.10. The molecule has 6 nitrogen and oxygen atoms in total. The standard InChI is InChI=1S/C12H11BrFN3O3/c1-20-6-9-11(12(18)19)15-16-17(9)5-7-3-2-4-8(14)10(7)13/h2-4H,5-6H2,1H3,(H,18,19). The molecule has 1 aromatic heterocycles. The zero-order valence-electron chi connectivity index (χ0n) is 10.5. The fourth-order valence-corrected chi connectivity index (χ4v) is 2.13. The number of aromatic nitrogens is 3. The molecule has 2 rings (SSSR count). The van der Waals surface area contributed by atoms with Crippen LogP contribution in [0.3, 0.4) is 0 Å². The Labute approximate surface area is 122 Å². The van der Waals surface area contributed by atoms with Crippen molar-refractivity contribution in [2.75, 3.05) is 7.11 Å². The zero-order chi connectivity index (χ0) is 14.7. The van der Waals surface area contributed by atoms with Gasteiger partial charge in [-0.2, -0.15) is 0 Å². The molecule has 0 aliphatic carbocycles. The Hall–Kier alpha value is -1.80. The Morgan fingerprint density at radius 3 is 2.95 bits per heavy atom. The number of halogens is 2. The van der Waals surface area contributed by atoms with E-state index in [2.05, 4.69) is 26.2 Å². The van der Waals surface area contributed by atoms with E-state index in [1.165, 1.54) is 17.9 Å². The fourth-order valence-electron chi connectivity index (χ4n) is 1.74. The van der Waals surface area contributed by atoms with Gasteiger partial charge in [-0.1, -0.05) is 17.3 Å². The molecule has 8 heteroatoms. The normalized spacial score (nSPS) is 10.8. The lowest BCUT2D eigenvalue weighted by atomic mass is 10.2. The number of hydrogen-bond donors (Lipinski definition) is 1. The number of benzene rings is 1. The van der Waals surface area contributed by atoms with E-state index in [4.69, 9.17) is 9.84 Å². The number of methoxy groups -OCH3 is 1. The summed E-state index contributed by atoms with van der Waals surface area (Å²) in [5.41, 5.74) is 0.791. The minimum atomic E-state index is -1.18. The van der Waals surface area contributed by atoms with E-state index >= 15 is 0 Å². The molecule has 0 unspecified atom stereocenters. The van der Waals surface area contributed by atoms with Crippen molar-refractivity contribution in [3.63, 3.8) is 0 Å². The molecule has 20 heavy (non-hydrogen) atoms. The molecule has 1 aromatic carbocycles. The first kappa shape index (κ1) is 14.6. The molecular formula is C12H11BrFN3O3. The second-order valence-corrected chi connectivity index (χ2v) is 4.79. The molecule has 1 N–H and O–H groups in total. The minimum Gasteiger partial charge on any atom is -0.476 e. The summed E-state index contributed by atoms with van der Waals surface area (Å²) in [6, 6.07) is 4.61. The summed E-state index contributed by atoms with van der Waals surface area (Å²) < 4.78 is 20.1. The van der Waals surface area contributed by atoms with Crippen molar-refractivity contribution in [2.24, 2.45) is 0 Å². The smallest absolute Gasteiger partial charge is 0.358 e. The highest BCUT2D eigenvalue weighted by Crippen LogP contribution is 2.22. The van der Waals surface area contributed by atoms with Gasteiger partial charge in [-0.3, -0.25) is 0 Å². The van der Waals surface area contributed by atoms with Gasteiger partial charge in [-0.15, -0.1) is 5.10 Å². The van der Waals surface area contributed by atoms with Gasteiger partial charge in [0.25, 0.3) is 0 Å².